The quantitative estimate of drug-likeness (QED) is 0.669. The Morgan fingerprint density at radius 1 is 1.10 bits per heavy atom. The summed E-state index contributed by atoms with van der Waals surface area (Å²) in [4.78, 5) is 22.5. The highest BCUT2D eigenvalue weighted by Crippen LogP contribution is 2.39. The number of ether oxygens (including phenoxy) is 1. The Hall–Kier alpha value is -3.69. The largest absolute Gasteiger partial charge is 0.479 e. The molecule has 0 aliphatic heterocycles. The first-order valence-corrected chi connectivity index (χ1v) is 8.29. The van der Waals surface area contributed by atoms with Gasteiger partial charge in [0.1, 0.15) is 5.69 Å². The molecule has 0 aliphatic carbocycles. The summed E-state index contributed by atoms with van der Waals surface area (Å²) in [6.07, 6.45) is -4.68. The maximum atomic E-state index is 13.3. The van der Waals surface area contributed by atoms with Crippen LogP contribution in [0.15, 0.2) is 42.5 Å². The normalized spacial score (nSPS) is 11.3. The third-order valence-corrected chi connectivity index (χ3v) is 3.81. The third-order valence-electron chi connectivity index (χ3n) is 3.81. The molecule has 0 amide bonds. The number of rotatable bonds is 5. The predicted molar refractivity (Wildman–Crippen MR) is 98.0 cm³/mol. The molecule has 0 unspecified atom stereocenters. The van der Waals surface area contributed by atoms with Gasteiger partial charge in [-0.3, -0.25) is 0 Å². The maximum absolute atomic E-state index is 13.3. The van der Waals surface area contributed by atoms with E-state index in [1.54, 1.807) is 30.3 Å². The molecule has 0 aliphatic rings. The van der Waals surface area contributed by atoms with Crippen LogP contribution >= 0.6 is 0 Å². The van der Waals surface area contributed by atoms with E-state index >= 15 is 0 Å². The monoisotopic (exact) mass is 404 g/mol. The molecule has 0 spiro atoms. The van der Waals surface area contributed by atoms with Crippen molar-refractivity contribution in [1.29, 1.82) is 0 Å². The number of halogens is 3. The van der Waals surface area contributed by atoms with Gasteiger partial charge in [-0.1, -0.05) is 30.3 Å². The number of anilines is 1. The lowest BCUT2D eigenvalue weighted by atomic mass is 9.99. The summed E-state index contributed by atoms with van der Waals surface area (Å²) < 4.78 is 45.1. The van der Waals surface area contributed by atoms with E-state index in [9.17, 15) is 18.0 Å². The minimum Gasteiger partial charge on any atom is -0.479 e. The molecule has 7 nitrogen and oxygen atoms in total. The van der Waals surface area contributed by atoms with Gasteiger partial charge < -0.3 is 15.6 Å². The maximum Gasteiger partial charge on any atom is 0.433 e. The molecule has 2 aromatic heterocycles. The van der Waals surface area contributed by atoms with Crippen molar-refractivity contribution < 1.29 is 27.8 Å². The van der Waals surface area contributed by atoms with Crippen molar-refractivity contribution in [3.63, 3.8) is 0 Å². The summed E-state index contributed by atoms with van der Waals surface area (Å²) in [5, 5.41) is 8.93. The summed E-state index contributed by atoms with van der Waals surface area (Å²) in [6.45, 7) is 0.657. The molecule has 0 saturated carbocycles. The van der Waals surface area contributed by atoms with Crippen LogP contribution in [0.5, 0.6) is 5.88 Å². The van der Waals surface area contributed by atoms with Crippen molar-refractivity contribution in [1.82, 2.24) is 15.0 Å². The molecule has 2 heterocycles. The van der Waals surface area contributed by atoms with E-state index in [1.807, 2.05) is 0 Å². The molecule has 3 N–H and O–H groups in total. The molecule has 0 saturated heterocycles. The molecule has 150 valence electrons. The molecule has 0 fully saturated rings. The number of carbonyl (C=O) groups is 1. The molecule has 3 rings (SSSR count). The van der Waals surface area contributed by atoms with Crippen LogP contribution in [0.25, 0.3) is 22.4 Å². The Bertz CT molecular complexity index is 1060. The topological polar surface area (TPSA) is 111 Å². The van der Waals surface area contributed by atoms with Crippen LogP contribution in [-0.4, -0.2) is 32.6 Å². The smallest absolute Gasteiger partial charge is 0.433 e. The standard InChI is InChI=1S/C19H15F3N4O3/c1-10-7-12(8-13(24-10)19(20,21)22)15-16(11-5-3-2-4-6-11)25-18(23)26-17(15)29-9-14(27)28/h2-8H,9H2,1H3,(H,27,28)(H2,23,25,26). The highest BCUT2D eigenvalue weighted by atomic mass is 19.4. The lowest BCUT2D eigenvalue weighted by Gasteiger charge is -2.16. The molecule has 10 heteroatoms. The minimum absolute atomic E-state index is 0.0732. The Morgan fingerprint density at radius 3 is 2.41 bits per heavy atom. The van der Waals surface area contributed by atoms with Crippen molar-refractivity contribution in [2.45, 2.75) is 13.1 Å². The number of hydrogen-bond donors (Lipinski definition) is 2. The first kappa shape index (κ1) is 20.1. The van der Waals surface area contributed by atoms with Gasteiger partial charge in [-0.05, 0) is 24.6 Å². The fraction of sp³-hybridized carbons (Fsp3) is 0.158. The lowest BCUT2D eigenvalue weighted by molar-refractivity contribution is -0.141. The Kier molecular flexibility index (Phi) is 5.35. The molecular weight excluding hydrogens is 389 g/mol. The number of nitrogens with zero attached hydrogens (tertiary/aromatic N) is 3. The van der Waals surface area contributed by atoms with Crippen molar-refractivity contribution in [2.75, 3.05) is 12.3 Å². The summed E-state index contributed by atoms with van der Waals surface area (Å²) in [5.41, 5.74) is 5.65. The summed E-state index contributed by atoms with van der Waals surface area (Å²) in [7, 11) is 0. The van der Waals surface area contributed by atoms with E-state index in [-0.39, 0.29) is 34.3 Å². The van der Waals surface area contributed by atoms with Gasteiger partial charge in [0.05, 0.1) is 11.3 Å². The van der Waals surface area contributed by atoms with Crippen molar-refractivity contribution in [2.24, 2.45) is 0 Å². The van der Waals surface area contributed by atoms with E-state index in [4.69, 9.17) is 15.6 Å². The van der Waals surface area contributed by atoms with Crippen LogP contribution in [-0.2, 0) is 11.0 Å². The average molecular weight is 404 g/mol. The second-order valence-electron chi connectivity index (χ2n) is 6.04. The van der Waals surface area contributed by atoms with E-state index < -0.39 is 24.4 Å². The van der Waals surface area contributed by atoms with Crippen LogP contribution in [0.1, 0.15) is 11.4 Å². The Morgan fingerprint density at radius 2 is 1.79 bits per heavy atom. The summed E-state index contributed by atoms with van der Waals surface area (Å²) >= 11 is 0. The second-order valence-corrected chi connectivity index (χ2v) is 6.04. The van der Waals surface area contributed by atoms with Crippen LogP contribution in [0.2, 0.25) is 0 Å². The number of aryl methyl sites for hydroxylation is 1. The molecule has 0 atom stereocenters. The number of carboxylic acids is 1. The number of alkyl halides is 3. The zero-order chi connectivity index (χ0) is 21.2. The zero-order valence-corrected chi connectivity index (χ0v) is 15.1. The van der Waals surface area contributed by atoms with Gasteiger partial charge in [-0.15, -0.1) is 0 Å². The van der Waals surface area contributed by atoms with Crippen molar-refractivity contribution in [3.05, 3.63) is 53.9 Å². The highest BCUT2D eigenvalue weighted by Gasteiger charge is 2.33. The fourth-order valence-corrected chi connectivity index (χ4v) is 2.71. The van der Waals surface area contributed by atoms with Crippen LogP contribution in [0.3, 0.4) is 0 Å². The number of pyridine rings is 1. The second kappa shape index (κ2) is 7.74. The summed E-state index contributed by atoms with van der Waals surface area (Å²) in [5.74, 6) is -1.73. The first-order chi connectivity index (χ1) is 13.6. The van der Waals surface area contributed by atoms with Crippen LogP contribution in [0, 0.1) is 6.92 Å². The number of carboxylic acid groups (broad SMARTS) is 1. The zero-order valence-electron chi connectivity index (χ0n) is 15.1. The van der Waals surface area contributed by atoms with E-state index in [0.29, 0.717) is 5.56 Å². The molecule has 29 heavy (non-hydrogen) atoms. The number of nitrogen functional groups attached to an aromatic ring is 1. The highest BCUT2D eigenvalue weighted by molar-refractivity contribution is 5.85. The van der Waals surface area contributed by atoms with Gasteiger partial charge in [0.2, 0.25) is 11.8 Å². The van der Waals surface area contributed by atoms with Gasteiger partial charge in [0, 0.05) is 11.3 Å². The average Bonchev–Trinajstić information content (AvgIpc) is 2.65. The Labute approximate surface area is 163 Å². The van der Waals surface area contributed by atoms with E-state index in [2.05, 4.69) is 15.0 Å². The van der Waals surface area contributed by atoms with Gasteiger partial charge in [0.25, 0.3) is 0 Å². The predicted octanol–water partition coefficient (Wildman–Crippen LogP) is 3.58. The number of nitrogens with two attached hydrogens (primary N) is 1. The molecule has 3 aromatic rings. The van der Waals surface area contributed by atoms with E-state index in [1.165, 1.54) is 13.0 Å². The lowest BCUT2D eigenvalue weighted by Crippen LogP contribution is -2.13. The first-order valence-electron chi connectivity index (χ1n) is 8.29. The molecular formula is C19H15F3N4O3. The number of aromatic nitrogens is 3. The Balaban J connectivity index is 2.31. The van der Waals surface area contributed by atoms with E-state index in [0.717, 1.165) is 6.07 Å². The molecule has 0 radical (unpaired) electrons. The SMILES string of the molecule is Cc1cc(-c2c(OCC(=O)O)nc(N)nc2-c2ccccc2)cc(C(F)(F)F)n1. The van der Waals surface area contributed by atoms with Crippen molar-refractivity contribution in [3.8, 4) is 28.3 Å². The number of benzene rings is 1. The van der Waals surface area contributed by atoms with Gasteiger partial charge in [0.15, 0.2) is 6.61 Å². The van der Waals surface area contributed by atoms with Crippen molar-refractivity contribution >= 4 is 11.9 Å². The van der Waals surface area contributed by atoms with Gasteiger partial charge in [-0.25, -0.2) is 14.8 Å². The molecule has 1 aromatic carbocycles. The number of aliphatic carboxylic acids is 1. The fourth-order valence-electron chi connectivity index (χ4n) is 2.71. The summed E-state index contributed by atoms with van der Waals surface area (Å²) in [6, 6.07) is 10.8. The minimum atomic E-state index is -4.68. The van der Waals surface area contributed by atoms with Gasteiger partial charge >= 0.3 is 12.1 Å². The third kappa shape index (κ3) is 4.60. The number of hydrogen-bond acceptors (Lipinski definition) is 6. The van der Waals surface area contributed by atoms with Crippen LogP contribution in [0.4, 0.5) is 19.1 Å². The van der Waals surface area contributed by atoms with Gasteiger partial charge in [-0.2, -0.15) is 18.2 Å². The van der Waals surface area contributed by atoms with Crippen LogP contribution < -0.4 is 10.5 Å². The molecule has 0 bridgehead atoms.